The van der Waals surface area contributed by atoms with E-state index >= 15 is 0 Å². The second kappa shape index (κ2) is 4.74. The number of benzene rings is 1. The van der Waals surface area contributed by atoms with Crippen LogP contribution in [0.1, 0.15) is 5.56 Å². The van der Waals surface area contributed by atoms with Crippen LogP contribution in [0.25, 0.3) is 11.3 Å². The first-order chi connectivity index (χ1) is 8.83. The van der Waals surface area contributed by atoms with Crippen LogP contribution in [-0.2, 0) is 0 Å². The van der Waals surface area contributed by atoms with Gasteiger partial charge in [-0.2, -0.15) is 0 Å². The molecule has 1 aromatic carbocycles. The largest absolute Gasteiger partial charge is 0.363 e. The van der Waals surface area contributed by atoms with Gasteiger partial charge in [-0.15, -0.1) is 10.2 Å². The first kappa shape index (κ1) is 11.2. The Labute approximate surface area is 106 Å². The summed E-state index contributed by atoms with van der Waals surface area (Å²) in [5, 5.41) is 15.1. The number of nitrogens with one attached hydrogen (secondary N) is 2. The van der Waals surface area contributed by atoms with E-state index in [0.29, 0.717) is 6.04 Å². The third-order valence-electron chi connectivity index (χ3n) is 3.22. The summed E-state index contributed by atoms with van der Waals surface area (Å²) in [6, 6.07) is 12.7. The molecule has 0 radical (unpaired) electrons. The maximum Gasteiger partial charge on any atom is 0.148 e. The third-order valence-corrected chi connectivity index (χ3v) is 3.22. The molecular formula is C14H16N4. The Balaban J connectivity index is 1.80. The van der Waals surface area contributed by atoms with Gasteiger partial charge in [-0.3, -0.25) is 0 Å². The van der Waals surface area contributed by atoms with Crippen molar-refractivity contribution in [2.75, 3.05) is 18.4 Å². The van der Waals surface area contributed by atoms with E-state index in [9.17, 15) is 0 Å². The minimum atomic E-state index is 0.489. The van der Waals surface area contributed by atoms with Gasteiger partial charge in [0.25, 0.3) is 0 Å². The highest BCUT2D eigenvalue weighted by atomic mass is 15.2. The van der Waals surface area contributed by atoms with Crippen molar-refractivity contribution in [3.8, 4) is 11.3 Å². The van der Waals surface area contributed by atoms with Crippen LogP contribution in [0.2, 0.25) is 0 Å². The van der Waals surface area contributed by atoms with Gasteiger partial charge in [-0.1, -0.05) is 24.3 Å². The topological polar surface area (TPSA) is 49.8 Å². The molecule has 0 unspecified atom stereocenters. The zero-order chi connectivity index (χ0) is 12.4. The number of aromatic nitrogens is 2. The van der Waals surface area contributed by atoms with Crippen molar-refractivity contribution in [2.24, 2.45) is 0 Å². The molecule has 0 atom stereocenters. The van der Waals surface area contributed by atoms with E-state index in [-0.39, 0.29) is 0 Å². The van der Waals surface area contributed by atoms with Crippen LogP contribution in [0.5, 0.6) is 0 Å². The standard InChI is InChI=1S/C14H16N4/c1-10-4-2-3-5-12(10)13-6-7-14(18-17-13)16-11-8-15-9-11/h2-7,11,15H,8-9H2,1H3,(H,16,18). The molecule has 1 aliphatic heterocycles. The van der Waals surface area contributed by atoms with E-state index < -0.39 is 0 Å². The normalized spacial score (nSPS) is 15.2. The lowest BCUT2D eigenvalue weighted by Gasteiger charge is -2.28. The van der Waals surface area contributed by atoms with Crippen molar-refractivity contribution in [1.82, 2.24) is 15.5 Å². The molecule has 0 aliphatic carbocycles. The summed E-state index contributed by atoms with van der Waals surface area (Å²) in [5.41, 5.74) is 3.28. The Morgan fingerprint density at radius 2 is 1.94 bits per heavy atom. The number of aryl methyl sites for hydroxylation is 1. The Hall–Kier alpha value is -1.94. The van der Waals surface area contributed by atoms with Gasteiger partial charge in [-0.05, 0) is 24.6 Å². The Morgan fingerprint density at radius 1 is 1.11 bits per heavy atom. The molecule has 1 aromatic heterocycles. The Morgan fingerprint density at radius 3 is 2.56 bits per heavy atom. The summed E-state index contributed by atoms with van der Waals surface area (Å²) in [4.78, 5) is 0. The maximum absolute atomic E-state index is 4.29. The van der Waals surface area contributed by atoms with Gasteiger partial charge in [0, 0.05) is 18.7 Å². The van der Waals surface area contributed by atoms with Crippen molar-refractivity contribution in [2.45, 2.75) is 13.0 Å². The summed E-state index contributed by atoms with van der Waals surface area (Å²) in [6.07, 6.45) is 0. The third kappa shape index (κ3) is 2.19. The molecule has 0 saturated carbocycles. The van der Waals surface area contributed by atoms with Crippen molar-refractivity contribution in [1.29, 1.82) is 0 Å². The highest BCUT2D eigenvalue weighted by molar-refractivity contribution is 5.63. The van der Waals surface area contributed by atoms with Gasteiger partial charge in [0.2, 0.25) is 0 Å². The number of nitrogens with zero attached hydrogens (tertiary/aromatic N) is 2. The predicted octanol–water partition coefficient (Wildman–Crippen LogP) is 1.84. The van der Waals surface area contributed by atoms with Crippen LogP contribution in [0.3, 0.4) is 0 Å². The summed E-state index contributed by atoms with van der Waals surface area (Å²) >= 11 is 0. The van der Waals surface area contributed by atoms with Crippen molar-refractivity contribution in [3.63, 3.8) is 0 Å². The molecule has 92 valence electrons. The Bertz CT molecular complexity index is 532. The van der Waals surface area contributed by atoms with Crippen LogP contribution < -0.4 is 10.6 Å². The number of anilines is 1. The summed E-state index contributed by atoms with van der Waals surface area (Å²) in [7, 11) is 0. The molecule has 2 N–H and O–H groups in total. The highest BCUT2D eigenvalue weighted by Gasteiger charge is 2.16. The first-order valence-corrected chi connectivity index (χ1v) is 6.20. The first-order valence-electron chi connectivity index (χ1n) is 6.20. The highest BCUT2D eigenvalue weighted by Crippen LogP contribution is 2.21. The number of rotatable bonds is 3. The lowest BCUT2D eigenvalue weighted by Crippen LogP contribution is -2.51. The fourth-order valence-corrected chi connectivity index (χ4v) is 2.01. The summed E-state index contributed by atoms with van der Waals surface area (Å²) < 4.78 is 0. The second-order valence-electron chi connectivity index (χ2n) is 4.62. The van der Waals surface area contributed by atoms with Crippen molar-refractivity contribution in [3.05, 3.63) is 42.0 Å². The minimum Gasteiger partial charge on any atom is -0.363 e. The SMILES string of the molecule is Cc1ccccc1-c1ccc(NC2CNC2)nn1. The van der Waals surface area contributed by atoms with E-state index in [1.807, 2.05) is 24.3 Å². The average Bonchev–Trinajstić information content (AvgIpc) is 2.35. The molecule has 1 saturated heterocycles. The summed E-state index contributed by atoms with van der Waals surface area (Å²) in [6.45, 7) is 4.09. The van der Waals surface area contributed by atoms with E-state index in [1.165, 1.54) is 5.56 Å². The molecule has 4 heteroatoms. The van der Waals surface area contributed by atoms with Crippen LogP contribution in [0.15, 0.2) is 36.4 Å². The molecule has 1 aliphatic rings. The number of hydrogen-bond acceptors (Lipinski definition) is 4. The fraction of sp³-hybridized carbons (Fsp3) is 0.286. The molecule has 4 nitrogen and oxygen atoms in total. The smallest absolute Gasteiger partial charge is 0.148 e. The minimum absolute atomic E-state index is 0.489. The van der Waals surface area contributed by atoms with Gasteiger partial charge >= 0.3 is 0 Å². The molecule has 0 amide bonds. The fourth-order valence-electron chi connectivity index (χ4n) is 2.01. The van der Waals surface area contributed by atoms with E-state index in [4.69, 9.17) is 0 Å². The van der Waals surface area contributed by atoms with Gasteiger partial charge in [-0.25, -0.2) is 0 Å². The molecule has 2 heterocycles. The van der Waals surface area contributed by atoms with Gasteiger partial charge in [0.15, 0.2) is 0 Å². The molecular weight excluding hydrogens is 224 g/mol. The maximum atomic E-state index is 4.29. The van der Waals surface area contributed by atoms with Gasteiger partial charge in [0.05, 0.1) is 11.7 Å². The molecule has 0 spiro atoms. The van der Waals surface area contributed by atoms with Crippen LogP contribution in [-0.4, -0.2) is 29.3 Å². The molecule has 18 heavy (non-hydrogen) atoms. The zero-order valence-corrected chi connectivity index (χ0v) is 10.4. The van der Waals surface area contributed by atoms with E-state index in [1.54, 1.807) is 0 Å². The zero-order valence-electron chi connectivity index (χ0n) is 10.4. The van der Waals surface area contributed by atoms with Crippen molar-refractivity contribution < 1.29 is 0 Å². The molecule has 2 aromatic rings. The van der Waals surface area contributed by atoms with Gasteiger partial charge in [0.1, 0.15) is 5.82 Å². The van der Waals surface area contributed by atoms with E-state index in [2.05, 4.69) is 39.9 Å². The van der Waals surface area contributed by atoms with E-state index in [0.717, 1.165) is 30.2 Å². The predicted molar refractivity (Wildman–Crippen MR) is 72.5 cm³/mol. The average molecular weight is 240 g/mol. The molecule has 0 bridgehead atoms. The van der Waals surface area contributed by atoms with Gasteiger partial charge < -0.3 is 10.6 Å². The molecule has 3 rings (SSSR count). The summed E-state index contributed by atoms with van der Waals surface area (Å²) in [5.74, 6) is 0.846. The quantitative estimate of drug-likeness (QED) is 0.859. The van der Waals surface area contributed by atoms with Crippen LogP contribution >= 0.6 is 0 Å². The van der Waals surface area contributed by atoms with Crippen LogP contribution in [0.4, 0.5) is 5.82 Å². The molecule has 1 fully saturated rings. The lowest BCUT2D eigenvalue weighted by molar-refractivity contribution is 0.470. The lowest BCUT2D eigenvalue weighted by atomic mass is 10.1. The monoisotopic (exact) mass is 240 g/mol. The van der Waals surface area contributed by atoms with Crippen molar-refractivity contribution >= 4 is 5.82 Å². The second-order valence-corrected chi connectivity index (χ2v) is 4.62. The Kier molecular flexibility index (Phi) is 2.94. The van der Waals surface area contributed by atoms with Crippen LogP contribution in [0, 0.1) is 6.92 Å². The number of hydrogen-bond donors (Lipinski definition) is 2.